The highest BCUT2D eigenvalue weighted by Gasteiger charge is 2.17. The zero-order valence-electron chi connectivity index (χ0n) is 14.6. The van der Waals surface area contributed by atoms with Gasteiger partial charge in [-0.15, -0.1) is 32.9 Å². The molecule has 27 heavy (non-hydrogen) atoms. The van der Waals surface area contributed by atoms with Crippen LogP contribution in [0.2, 0.25) is 0 Å². The lowest BCUT2D eigenvalue weighted by Gasteiger charge is -2.05. The molecule has 136 valence electrons. The molecule has 0 atom stereocenters. The number of ketones is 1. The predicted octanol–water partition coefficient (Wildman–Crippen LogP) is 5.11. The minimum atomic E-state index is 0.0168. The molecule has 0 N–H and O–H groups in total. The van der Waals surface area contributed by atoms with Gasteiger partial charge in [0.05, 0.1) is 27.4 Å². The number of fused-ring (bicyclic) bond motifs is 1. The molecule has 0 aliphatic heterocycles. The Morgan fingerprint density at radius 1 is 1.22 bits per heavy atom. The molecule has 1 aromatic carbocycles. The minimum absolute atomic E-state index is 0.0168. The van der Waals surface area contributed by atoms with E-state index in [2.05, 4.69) is 15.2 Å². The van der Waals surface area contributed by atoms with E-state index in [1.807, 2.05) is 36.6 Å². The second-order valence-corrected chi connectivity index (χ2v) is 8.80. The Morgan fingerprint density at radius 3 is 2.89 bits per heavy atom. The number of Topliss-reactive ketones (excluding diaryl/α,β-unsaturated/α-hetero) is 1. The summed E-state index contributed by atoms with van der Waals surface area (Å²) in [6, 6.07) is 11.2. The number of nitrogens with zero attached hydrogens (tertiary/aromatic N) is 3. The molecule has 8 heteroatoms. The average Bonchev–Trinajstić information content (AvgIpc) is 3.35. The molecule has 4 aromatic rings. The van der Waals surface area contributed by atoms with Gasteiger partial charge in [0, 0.05) is 5.56 Å². The summed E-state index contributed by atoms with van der Waals surface area (Å²) in [5.74, 6) is 0.956. The summed E-state index contributed by atoms with van der Waals surface area (Å²) in [6.07, 6.45) is 0. The van der Waals surface area contributed by atoms with E-state index in [4.69, 9.17) is 4.74 Å². The second-order valence-electron chi connectivity index (χ2n) is 5.69. The standard InChI is InChI=1S/C19H15N3O2S3/c1-11-20-17-18(27-11)16(15-7-4-8-25-15)21-22-19(17)26-10-14(23)12-5-3-6-13(9-12)24-2/h3-9H,10H2,1-2H3. The maximum atomic E-state index is 12.5. The molecule has 0 saturated heterocycles. The van der Waals surface area contributed by atoms with Crippen LogP contribution in [-0.2, 0) is 0 Å². The van der Waals surface area contributed by atoms with Gasteiger partial charge in [-0.1, -0.05) is 30.0 Å². The van der Waals surface area contributed by atoms with E-state index in [-0.39, 0.29) is 11.5 Å². The molecule has 0 amide bonds. The fraction of sp³-hybridized carbons (Fsp3) is 0.158. The molecular weight excluding hydrogens is 398 g/mol. The number of hydrogen-bond donors (Lipinski definition) is 0. The maximum Gasteiger partial charge on any atom is 0.173 e. The van der Waals surface area contributed by atoms with Crippen LogP contribution in [0.3, 0.4) is 0 Å². The summed E-state index contributed by atoms with van der Waals surface area (Å²) in [6.45, 7) is 1.97. The van der Waals surface area contributed by atoms with Crippen LogP contribution in [0.15, 0.2) is 46.8 Å². The number of ether oxygens (including phenoxy) is 1. The van der Waals surface area contributed by atoms with Gasteiger partial charge in [0.1, 0.15) is 22.0 Å². The Kier molecular flexibility index (Phi) is 5.20. The van der Waals surface area contributed by atoms with Gasteiger partial charge in [0.2, 0.25) is 0 Å². The molecule has 5 nitrogen and oxygen atoms in total. The molecule has 0 saturated carbocycles. The number of carbonyl (C=O) groups excluding carboxylic acids is 1. The Bertz CT molecular complexity index is 1110. The first kappa shape index (κ1) is 18.1. The lowest BCUT2D eigenvalue weighted by Crippen LogP contribution is -2.03. The van der Waals surface area contributed by atoms with Crippen LogP contribution in [-0.4, -0.2) is 33.8 Å². The monoisotopic (exact) mass is 413 g/mol. The topological polar surface area (TPSA) is 65.0 Å². The van der Waals surface area contributed by atoms with E-state index in [9.17, 15) is 4.79 Å². The molecule has 0 bridgehead atoms. The lowest BCUT2D eigenvalue weighted by molar-refractivity contribution is 0.102. The molecule has 0 unspecified atom stereocenters. The second kappa shape index (κ2) is 7.75. The van der Waals surface area contributed by atoms with Gasteiger partial charge in [-0.25, -0.2) is 4.98 Å². The Hall–Kier alpha value is -2.29. The van der Waals surface area contributed by atoms with Crippen LogP contribution in [0.25, 0.3) is 20.8 Å². The maximum absolute atomic E-state index is 12.5. The Labute approximate surface area is 168 Å². The zero-order chi connectivity index (χ0) is 18.8. The van der Waals surface area contributed by atoms with Crippen molar-refractivity contribution in [3.63, 3.8) is 0 Å². The third-order valence-corrected chi connectivity index (χ3v) is 6.69. The molecule has 3 aromatic heterocycles. The number of aryl methyl sites for hydroxylation is 1. The van der Waals surface area contributed by atoms with E-state index in [0.717, 1.165) is 25.8 Å². The molecule has 3 heterocycles. The van der Waals surface area contributed by atoms with Crippen LogP contribution in [0.1, 0.15) is 15.4 Å². The summed E-state index contributed by atoms with van der Waals surface area (Å²) >= 11 is 4.60. The summed E-state index contributed by atoms with van der Waals surface area (Å²) in [7, 11) is 1.59. The third kappa shape index (κ3) is 3.73. The number of thiazole rings is 1. The van der Waals surface area contributed by atoms with Crippen molar-refractivity contribution in [1.29, 1.82) is 0 Å². The van der Waals surface area contributed by atoms with Crippen molar-refractivity contribution in [3.8, 4) is 16.3 Å². The van der Waals surface area contributed by atoms with Crippen molar-refractivity contribution < 1.29 is 9.53 Å². The highest BCUT2D eigenvalue weighted by Crippen LogP contribution is 2.36. The van der Waals surface area contributed by atoms with E-state index in [1.165, 1.54) is 11.8 Å². The Balaban J connectivity index is 1.61. The van der Waals surface area contributed by atoms with Crippen molar-refractivity contribution in [3.05, 3.63) is 52.3 Å². The van der Waals surface area contributed by atoms with Crippen molar-refractivity contribution in [2.75, 3.05) is 12.9 Å². The van der Waals surface area contributed by atoms with Gasteiger partial charge in [0.25, 0.3) is 0 Å². The highest BCUT2D eigenvalue weighted by atomic mass is 32.2. The number of rotatable bonds is 6. The van der Waals surface area contributed by atoms with Gasteiger partial charge in [-0.3, -0.25) is 4.79 Å². The summed E-state index contributed by atoms with van der Waals surface area (Å²) in [4.78, 5) is 18.2. The van der Waals surface area contributed by atoms with Crippen molar-refractivity contribution in [2.24, 2.45) is 0 Å². The fourth-order valence-corrected chi connectivity index (χ4v) is 5.19. The zero-order valence-corrected chi connectivity index (χ0v) is 17.1. The SMILES string of the molecule is COc1cccc(C(=O)CSc2nnc(-c3cccs3)c3sc(C)nc23)c1. The molecule has 0 aliphatic rings. The first-order valence-corrected chi connectivity index (χ1v) is 10.8. The Morgan fingerprint density at radius 2 is 2.11 bits per heavy atom. The fourth-order valence-electron chi connectivity index (χ4n) is 2.61. The summed E-state index contributed by atoms with van der Waals surface area (Å²) < 4.78 is 6.20. The smallest absolute Gasteiger partial charge is 0.173 e. The predicted molar refractivity (Wildman–Crippen MR) is 111 cm³/mol. The molecule has 4 rings (SSSR count). The number of methoxy groups -OCH3 is 1. The van der Waals surface area contributed by atoms with Crippen LogP contribution in [0.5, 0.6) is 5.75 Å². The van der Waals surface area contributed by atoms with Crippen molar-refractivity contribution in [1.82, 2.24) is 15.2 Å². The van der Waals surface area contributed by atoms with Crippen LogP contribution in [0, 0.1) is 6.92 Å². The van der Waals surface area contributed by atoms with E-state index >= 15 is 0 Å². The summed E-state index contributed by atoms with van der Waals surface area (Å²) in [5.41, 5.74) is 2.30. The summed E-state index contributed by atoms with van der Waals surface area (Å²) in [5, 5.41) is 12.4. The molecule has 0 spiro atoms. The van der Waals surface area contributed by atoms with Crippen LogP contribution < -0.4 is 4.74 Å². The number of thiophene rings is 1. The highest BCUT2D eigenvalue weighted by molar-refractivity contribution is 8.00. The normalized spacial score (nSPS) is 11.0. The molecular formula is C19H15N3O2S3. The van der Waals surface area contributed by atoms with Crippen molar-refractivity contribution >= 4 is 50.4 Å². The number of carbonyl (C=O) groups is 1. The van der Waals surface area contributed by atoms with Gasteiger partial charge in [-0.05, 0) is 30.5 Å². The van der Waals surface area contributed by atoms with E-state index in [0.29, 0.717) is 16.3 Å². The molecule has 0 aliphatic carbocycles. The van der Waals surface area contributed by atoms with Gasteiger partial charge in [-0.2, -0.15) is 0 Å². The number of benzene rings is 1. The van der Waals surface area contributed by atoms with Crippen LogP contribution >= 0.6 is 34.4 Å². The van der Waals surface area contributed by atoms with Gasteiger partial charge in [0.15, 0.2) is 5.78 Å². The first-order valence-electron chi connectivity index (χ1n) is 8.13. The third-order valence-electron chi connectivity index (χ3n) is 3.88. The van der Waals surface area contributed by atoms with E-state index < -0.39 is 0 Å². The number of thioether (sulfide) groups is 1. The number of aromatic nitrogens is 3. The van der Waals surface area contributed by atoms with Crippen molar-refractivity contribution in [2.45, 2.75) is 11.9 Å². The van der Waals surface area contributed by atoms with E-state index in [1.54, 1.807) is 41.9 Å². The largest absolute Gasteiger partial charge is 0.497 e. The van der Waals surface area contributed by atoms with Gasteiger partial charge >= 0.3 is 0 Å². The lowest BCUT2D eigenvalue weighted by atomic mass is 10.1. The molecule has 0 radical (unpaired) electrons. The quantitative estimate of drug-likeness (QED) is 0.323. The van der Waals surface area contributed by atoms with Crippen LogP contribution in [0.4, 0.5) is 0 Å². The average molecular weight is 414 g/mol. The van der Waals surface area contributed by atoms with Gasteiger partial charge < -0.3 is 4.74 Å². The number of hydrogen-bond acceptors (Lipinski definition) is 8. The first-order chi connectivity index (χ1) is 13.2. The molecule has 0 fully saturated rings. The minimum Gasteiger partial charge on any atom is -0.497 e.